The second-order valence-corrected chi connectivity index (χ2v) is 5.07. The molecule has 0 radical (unpaired) electrons. The third-order valence-corrected chi connectivity index (χ3v) is 3.09. The van der Waals surface area contributed by atoms with E-state index in [1.807, 2.05) is 19.1 Å². The van der Waals surface area contributed by atoms with E-state index in [9.17, 15) is 4.79 Å². The average Bonchev–Trinajstić information content (AvgIpc) is 2.40. The number of nitrogens with one attached hydrogen (secondary N) is 1. The van der Waals surface area contributed by atoms with Crippen molar-refractivity contribution >= 4 is 39.3 Å². The number of carbonyl (C=O) groups excluding carboxylic acids is 1. The van der Waals surface area contributed by atoms with Crippen molar-refractivity contribution in [3.63, 3.8) is 0 Å². The van der Waals surface area contributed by atoms with Crippen molar-refractivity contribution in [2.24, 2.45) is 0 Å². The predicted molar refractivity (Wildman–Crippen MR) is 85.2 cm³/mol. The Balaban J connectivity index is 2.05. The summed E-state index contributed by atoms with van der Waals surface area (Å²) >= 11 is 3.28. The standard InChI is InChI=1S/C15H14BrN3O/c1-10-13(6-7-14(16)18-10)19-15(20)8-5-11-3-2-4-12(17)9-11/h2-9H,17H2,1H3,(H,19,20)/b8-5+. The summed E-state index contributed by atoms with van der Waals surface area (Å²) in [6, 6.07) is 10.9. The van der Waals surface area contributed by atoms with Crippen molar-refractivity contribution in [2.75, 3.05) is 11.1 Å². The molecule has 0 fully saturated rings. The summed E-state index contributed by atoms with van der Waals surface area (Å²) in [4.78, 5) is 16.1. The molecule has 4 nitrogen and oxygen atoms in total. The molecule has 3 N–H and O–H groups in total. The van der Waals surface area contributed by atoms with Crippen LogP contribution in [0.4, 0.5) is 11.4 Å². The number of hydrogen-bond donors (Lipinski definition) is 2. The minimum Gasteiger partial charge on any atom is -0.399 e. The summed E-state index contributed by atoms with van der Waals surface area (Å²) in [6.07, 6.45) is 3.18. The van der Waals surface area contributed by atoms with E-state index in [4.69, 9.17) is 5.73 Å². The number of nitrogen functional groups attached to an aromatic ring is 1. The van der Waals surface area contributed by atoms with Crippen LogP contribution >= 0.6 is 15.9 Å². The Labute approximate surface area is 125 Å². The summed E-state index contributed by atoms with van der Waals surface area (Å²) in [6.45, 7) is 1.84. The van der Waals surface area contributed by atoms with Crippen LogP contribution in [0.5, 0.6) is 0 Å². The highest BCUT2D eigenvalue weighted by Gasteiger charge is 2.03. The normalized spacial score (nSPS) is 10.7. The molecule has 1 aromatic carbocycles. The van der Waals surface area contributed by atoms with Gasteiger partial charge in [0.1, 0.15) is 4.60 Å². The molecule has 5 heteroatoms. The number of rotatable bonds is 3. The Kier molecular flexibility index (Phi) is 4.53. The van der Waals surface area contributed by atoms with Crippen LogP contribution in [0.3, 0.4) is 0 Å². The number of hydrogen-bond acceptors (Lipinski definition) is 3. The maximum Gasteiger partial charge on any atom is 0.248 e. The molecule has 0 aliphatic rings. The number of halogens is 1. The molecule has 0 aliphatic carbocycles. The lowest BCUT2D eigenvalue weighted by Gasteiger charge is -2.05. The fourth-order valence-corrected chi connectivity index (χ4v) is 2.07. The first-order valence-corrected chi connectivity index (χ1v) is 6.81. The number of amides is 1. The maximum atomic E-state index is 11.8. The summed E-state index contributed by atoms with van der Waals surface area (Å²) in [5.41, 5.74) is 8.67. The lowest BCUT2D eigenvalue weighted by molar-refractivity contribution is -0.111. The highest BCUT2D eigenvalue weighted by atomic mass is 79.9. The van der Waals surface area contributed by atoms with Gasteiger partial charge in [0, 0.05) is 11.8 Å². The zero-order chi connectivity index (χ0) is 14.5. The monoisotopic (exact) mass is 331 g/mol. The lowest BCUT2D eigenvalue weighted by Crippen LogP contribution is -2.09. The first-order valence-electron chi connectivity index (χ1n) is 6.02. The van der Waals surface area contributed by atoms with Gasteiger partial charge in [-0.05, 0) is 58.8 Å². The molecule has 20 heavy (non-hydrogen) atoms. The summed E-state index contributed by atoms with van der Waals surface area (Å²) in [5, 5.41) is 2.78. The molecule has 0 saturated heterocycles. The fraction of sp³-hybridized carbons (Fsp3) is 0.0667. The second-order valence-electron chi connectivity index (χ2n) is 4.26. The Hall–Kier alpha value is -2.14. The van der Waals surface area contributed by atoms with E-state index in [0.717, 1.165) is 15.9 Å². The third-order valence-electron chi connectivity index (χ3n) is 2.65. The zero-order valence-electron chi connectivity index (χ0n) is 10.9. The average molecular weight is 332 g/mol. The number of pyridine rings is 1. The zero-order valence-corrected chi connectivity index (χ0v) is 12.5. The van der Waals surface area contributed by atoms with Gasteiger partial charge < -0.3 is 11.1 Å². The van der Waals surface area contributed by atoms with E-state index < -0.39 is 0 Å². The molecule has 0 spiro atoms. The number of aryl methyl sites for hydroxylation is 1. The molecule has 2 rings (SSSR count). The van der Waals surface area contributed by atoms with Gasteiger partial charge >= 0.3 is 0 Å². The highest BCUT2D eigenvalue weighted by Crippen LogP contribution is 2.16. The Bertz CT molecular complexity index is 668. The van der Waals surface area contributed by atoms with E-state index in [-0.39, 0.29) is 5.91 Å². The molecule has 1 heterocycles. The molecule has 2 aromatic rings. The van der Waals surface area contributed by atoms with Crippen molar-refractivity contribution in [3.8, 4) is 0 Å². The molecule has 0 bridgehead atoms. The molecule has 102 valence electrons. The molecule has 0 saturated carbocycles. The molecular formula is C15H14BrN3O. The van der Waals surface area contributed by atoms with Crippen LogP contribution in [0, 0.1) is 6.92 Å². The van der Waals surface area contributed by atoms with Crippen LogP contribution < -0.4 is 11.1 Å². The Morgan fingerprint density at radius 2 is 2.15 bits per heavy atom. The van der Waals surface area contributed by atoms with E-state index in [2.05, 4.69) is 26.2 Å². The Morgan fingerprint density at radius 1 is 1.35 bits per heavy atom. The van der Waals surface area contributed by atoms with Crippen LogP contribution in [-0.2, 0) is 4.79 Å². The van der Waals surface area contributed by atoms with Gasteiger partial charge in [0.2, 0.25) is 5.91 Å². The molecule has 0 aliphatic heterocycles. The van der Waals surface area contributed by atoms with Crippen molar-refractivity contribution < 1.29 is 4.79 Å². The molecular weight excluding hydrogens is 318 g/mol. The van der Waals surface area contributed by atoms with Gasteiger partial charge in [0.05, 0.1) is 11.4 Å². The SMILES string of the molecule is Cc1nc(Br)ccc1NC(=O)/C=C/c1cccc(N)c1. The fourth-order valence-electron chi connectivity index (χ4n) is 1.67. The summed E-state index contributed by atoms with van der Waals surface area (Å²) in [5.74, 6) is -0.209. The van der Waals surface area contributed by atoms with Gasteiger partial charge in [-0.2, -0.15) is 0 Å². The molecule has 0 atom stereocenters. The largest absolute Gasteiger partial charge is 0.399 e. The lowest BCUT2D eigenvalue weighted by atomic mass is 10.2. The number of anilines is 2. The van der Waals surface area contributed by atoms with E-state index in [1.54, 1.807) is 30.3 Å². The van der Waals surface area contributed by atoms with Crippen molar-refractivity contribution in [1.82, 2.24) is 4.98 Å². The number of nitrogens with zero attached hydrogens (tertiary/aromatic N) is 1. The third kappa shape index (κ3) is 3.93. The summed E-state index contributed by atoms with van der Waals surface area (Å²) < 4.78 is 0.739. The van der Waals surface area contributed by atoms with Gasteiger partial charge in [-0.15, -0.1) is 0 Å². The number of aromatic nitrogens is 1. The predicted octanol–water partition coefficient (Wildman–Crippen LogP) is 3.39. The van der Waals surface area contributed by atoms with Crippen LogP contribution in [-0.4, -0.2) is 10.9 Å². The smallest absolute Gasteiger partial charge is 0.248 e. The van der Waals surface area contributed by atoms with Crippen molar-refractivity contribution in [1.29, 1.82) is 0 Å². The first-order chi connectivity index (χ1) is 9.54. The molecule has 1 aromatic heterocycles. The van der Waals surface area contributed by atoms with Gasteiger partial charge in [-0.25, -0.2) is 4.98 Å². The van der Waals surface area contributed by atoms with Crippen LogP contribution in [0.15, 0.2) is 47.1 Å². The first kappa shape index (κ1) is 14.3. The van der Waals surface area contributed by atoms with Gasteiger partial charge in [-0.3, -0.25) is 4.79 Å². The van der Waals surface area contributed by atoms with E-state index >= 15 is 0 Å². The topological polar surface area (TPSA) is 68.0 Å². The van der Waals surface area contributed by atoms with Gasteiger partial charge in [-0.1, -0.05) is 12.1 Å². The maximum absolute atomic E-state index is 11.8. The van der Waals surface area contributed by atoms with Gasteiger partial charge in [0.25, 0.3) is 0 Å². The van der Waals surface area contributed by atoms with Crippen LogP contribution in [0.1, 0.15) is 11.3 Å². The van der Waals surface area contributed by atoms with E-state index in [0.29, 0.717) is 11.4 Å². The minimum absolute atomic E-state index is 0.209. The quantitative estimate of drug-likeness (QED) is 0.514. The molecule has 1 amide bonds. The minimum atomic E-state index is -0.209. The van der Waals surface area contributed by atoms with Gasteiger partial charge in [0.15, 0.2) is 0 Å². The van der Waals surface area contributed by atoms with Crippen molar-refractivity contribution in [3.05, 3.63) is 58.3 Å². The van der Waals surface area contributed by atoms with E-state index in [1.165, 1.54) is 6.08 Å². The van der Waals surface area contributed by atoms with Crippen LogP contribution in [0.25, 0.3) is 6.08 Å². The number of benzene rings is 1. The van der Waals surface area contributed by atoms with Crippen LogP contribution in [0.2, 0.25) is 0 Å². The summed E-state index contributed by atoms with van der Waals surface area (Å²) in [7, 11) is 0. The number of carbonyl (C=O) groups is 1. The highest BCUT2D eigenvalue weighted by molar-refractivity contribution is 9.10. The van der Waals surface area contributed by atoms with Crippen molar-refractivity contribution in [2.45, 2.75) is 6.92 Å². The number of nitrogens with two attached hydrogens (primary N) is 1. The Morgan fingerprint density at radius 3 is 2.85 bits per heavy atom. The second kappa shape index (κ2) is 6.34. The molecule has 0 unspecified atom stereocenters.